The normalized spacial score (nSPS) is 14.5. The highest BCUT2D eigenvalue weighted by molar-refractivity contribution is 6.07. The lowest BCUT2D eigenvalue weighted by molar-refractivity contribution is 0.102. The van der Waals surface area contributed by atoms with Gasteiger partial charge in [-0.25, -0.2) is 0 Å². The molecule has 1 aromatic heterocycles. The Morgan fingerprint density at radius 1 is 1.05 bits per heavy atom. The summed E-state index contributed by atoms with van der Waals surface area (Å²) in [5.41, 5.74) is 4.31. The van der Waals surface area contributed by atoms with E-state index >= 15 is 0 Å². The molecule has 1 fully saturated rings. The number of rotatable bonds is 9. The molecular formula is C31H36N4O3. The number of aromatic nitrogens is 2. The topological polar surface area (TPSA) is 68.6 Å². The minimum atomic E-state index is -0.232. The van der Waals surface area contributed by atoms with Gasteiger partial charge in [-0.1, -0.05) is 30.3 Å². The first kappa shape index (κ1) is 25.8. The van der Waals surface area contributed by atoms with Gasteiger partial charge in [-0.3, -0.25) is 9.48 Å². The average Bonchev–Trinajstić information content (AvgIpc) is 3.26. The van der Waals surface area contributed by atoms with Gasteiger partial charge in [0.05, 0.1) is 23.9 Å². The number of piperidine rings is 1. The number of benzene rings is 3. The zero-order valence-electron chi connectivity index (χ0n) is 22.4. The van der Waals surface area contributed by atoms with Crippen LogP contribution in [-0.2, 0) is 13.2 Å². The molecule has 0 aliphatic carbocycles. The van der Waals surface area contributed by atoms with E-state index in [9.17, 15) is 4.79 Å². The first-order valence-corrected chi connectivity index (χ1v) is 13.3. The molecule has 5 rings (SSSR count). The van der Waals surface area contributed by atoms with E-state index in [0.29, 0.717) is 23.7 Å². The van der Waals surface area contributed by atoms with Gasteiger partial charge in [-0.05, 0) is 88.1 Å². The summed E-state index contributed by atoms with van der Waals surface area (Å²) in [6.07, 6.45) is 3.61. The molecule has 0 atom stereocenters. The highest BCUT2D eigenvalue weighted by atomic mass is 16.5. The molecule has 0 spiro atoms. The standard InChI is InChI=1S/C31H36N4O3/c1-22-27-11-9-25(19-29(27)35(33-22)18-15-23-13-16-34(2)17-14-23)32-31(36)28-12-10-26(20-30(28)37-3)38-21-24-7-5-4-6-8-24/h4-12,19-20,23H,13-18,21H2,1-3H3,(H,32,36). The molecule has 1 aliphatic rings. The number of carbonyl (C=O) groups is 1. The molecule has 7 nitrogen and oxygen atoms in total. The van der Waals surface area contributed by atoms with E-state index in [1.54, 1.807) is 25.3 Å². The number of methoxy groups -OCH3 is 1. The van der Waals surface area contributed by atoms with E-state index < -0.39 is 0 Å². The Morgan fingerprint density at radius 3 is 2.61 bits per heavy atom. The van der Waals surface area contributed by atoms with Gasteiger partial charge in [0.2, 0.25) is 0 Å². The summed E-state index contributed by atoms with van der Waals surface area (Å²) in [7, 11) is 3.75. The molecule has 38 heavy (non-hydrogen) atoms. The van der Waals surface area contributed by atoms with Crippen LogP contribution in [0.1, 0.15) is 40.9 Å². The number of carbonyl (C=O) groups excluding carboxylic acids is 1. The van der Waals surface area contributed by atoms with Gasteiger partial charge in [0.15, 0.2) is 0 Å². The molecule has 2 heterocycles. The van der Waals surface area contributed by atoms with Gasteiger partial charge in [0, 0.05) is 23.7 Å². The third-order valence-corrected chi connectivity index (χ3v) is 7.45. The van der Waals surface area contributed by atoms with Crippen molar-refractivity contribution >= 4 is 22.5 Å². The minimum Gasteiger partial charge on any atom is -0.496 e. The number of likely N-dealkylation sites (tertiary alicyclic amines) is 1. The van der Waals surface area contributed by atoms with Crippen LogP contribution in [0.25, 0.3) is 10.9 Å². The van der Waals surface area contributed by atoms with Crippen LogP contribution in [0.2, 0.25) is 0 Å². The van der Waals surface area contributed by atoms with Crippen LogP contribution in [0.15, 0.2) is 66.7 Å². The maximum atomic E-state index is 13.2. The molecule has 0 radical (unpaired) electrons. The summed E-state index contributed by atoms with van der Waals surface area (Å²) in [5.74, 6) is 1.62. The summed E-state index contributed by atoms with van der Waals surface area (Å²) >= 11 is 0. The van der Waals surface area contributed by atoms with E-state index in [-0.39, 0.29) is 5.91 Å². The number of anilines is 1. The second kappa shape index (κ2) is 11.7. The molecule has 1 amide bonds. The van der Waals surface area contributed by atoms with Crippen molar-refractivity contribution in [2.24, 2.45) is 5.92 Å². The van der Waals surface area contributed by atoms with Gasteiger partial charge >= 0.3 is 0 Å². The molecular weight excluding hydrogens is 476 g/mol. The molecule has 4 aromatic rings. The molecule has 3 aromatic carbocycles. The van der Waals surface area contributed by atoms with Crippen molar-refractivity contribution in [1.82, 2.24) is 14.7 Å². The maximum Gasteiger partial charge on any atom is 0.259 e. The largest absolute Gasteiger partial charge is 0.496 e. The predicted octanol–water partition coefficient (Wildman–Crippen LogP) is 5.92. The number of hydrogen-bond acceptors (Lipinski definition) is 5. The van der Waals surface area contributed by atoms with Crippen LogP contribution in [0, 0.1) is 12.8 Å². The number of nitrogens with one attached hydrogen (secondary N) is 1. The SMILES string of the molecule is COc1cc(OCc2ccccc2)ccc1C(=O)Nc1ccc2c(C)nn(CCC3CCN(C)CC3)c2c1. The number of fused-ring (bicyclic) bond motifs is 1. The molecule has 0 saturated carbocycles. The minimum absolute atomic E-state index is 0.232. The zero-order valence-corrected chi connectivity index (χ0v) is 22.4. The zero-order chi connectivity index (χ0) is 26.5. The van der Waals surface area contributed by atoms with Gasteiger partial charge in [-0.15, -0.1) is 0 Å². The van der Waals surface area contributed by atoms with Gasteiger partial charge in [0.25, 0.3) is 5.91 Å². The van der Waals surface area contributed by atoms with Crippen molar-refractivity contribution in [2.45, 2.75) is 39.3 Å². The Bertz CT molecular complexity index is 1390. The summed E-state index contributed by atoms with van der Waals surface area (Å²) in [6, 6.07) is 21.2. The second-order valence-electron chi connectivity index (χ2n) is 10.2. The van der Waals surface area contributed by atoms with Crippen molar-refractivity contribution in [3.05, 3.63) is 83.6 Å². The smallest absolute Gasteiger partial charge is 0.259 e. The van der Waals surface area contributed by atoms with Crippen LogP contribution in [0.4, 0.5) is 5.69 Å². The maximum absolute atomic E-state index is 13.2. The Kier molecular flexibility index (Phi) is 7.94. The summed E-state index contributed by atoms with van der Waals surface area (Å²) < 4.78 is 13.5. The van der Waals surface area contributed by atoms with E-state index in [1.807, 2.05) is 55.5 Å². The number of nitrogens with zero attached hydrogens (tertiary/aromatic N) is 3. The Hall–Kier alpha value is -3.84. The Labute approximate surface area is 224 Å². The molecule has 1 aliphatic heterocycles. The molecule has 0 unspecified atom stereocenters. The summed E-state index contributed by atoms with van der Waals surface area (Å²) in [4.78, 5) is 15.6. The number of aryl methyl sites for hydroxylation is 2. The third kappa shape index (κ3) is 6.00. The van der Waals surface area contributed by atoms with E-state index in [4.69, 9.17) is 14.6 Å². The quantitative estimate of drug-likeness (QED) is 0.302. The number of amides is 1. The van der Waals surface area contributed by atoms with E-state index in [0.717, 1.165) is 46.7 Å². The first-order valence-electron chi connectivity index (χ1n) is 13.3. The fourth-order valence-corrected chi connectivity index (χ4v) is 5.13. The molecule has 198 valence electrons. The monoisotopic (exact) mass is 512 g/mol. The lowest BCUT2D eigenvalue weighted by atomic mass is 9.94. The van der Waals surface area contributed by atoms with E-state index in [1.165, 1.54) is 25.9 Å². The van der Waals surface area contributed by atoms with Crippen molar-refractivity contribution in [2.75, 3.05) is 32.6 Å². The number of ether oxygens (including phenoxy) is 2. The van der Waals surface area contributed by atoms with Crippen LogP contribution in [0.3, 0.4) is 0 Å². The fraction of sp³-hybridized carbons (Fsp3) is 0.355. The summed E-state index contributed by atoms with van der Waals surface area (Å²) in [6.45, 7) is 5.71. The van der Waals surface area contributed by atoms with Gasteiger partial charge < -0.3 is 19.7 Å². The van der Waals surface area contributed by atoms with Crippen LogP contribution in [-0.4, -0.2) is 47.8 Å². The highest BCUT2D eigenvalue weighted by Gasteiger charge is 2.18. The lowest BCUT2D eigenvalue weighted by Gasteiger charge is -2.28. The number of hydrogen-bond donors (Lipinski definition) is 1. The average molecular weight is 513 g/mol. The summed E-state index contributed by atoms with van der Waals surface area (Å²) in [5, 5.41) is 8.96. The van der Waals surface area contributed by atoms with Crippen molar-refractivity contribution in [3.8, 4) is 11.5 Å². The van der Waals surface area contributed by atoms with Gasteiger partial charge in [-0.2, -0.15) is 5.10 Å². The Morgan fingerprint density at radius 2 is 1.84 bits per heavy atom. The second-order valence-corrected chi connectivity index (χ2v) is 10.2. The molecule has 0 bridgehead atoms. The third-order valence-electron chi connectivity index (χ3n) is 7.45. The Balaban J connectivity index is 1.27. The highest BCUT2D eigenvalue weighted by Crippen LogP contribution is 2.28. The van der Waals surface area contributed by atoms with Crippen LogP contribution < -0.4 is 14.8 Å². The fourth-order valence-electron chi connectivity index (χ4n) is 5.13. The van der Waals surface area contributed by atoms with Gasteiger partial charge in [0.1, 0.15) is 18.1 Å². The molecule has 7 heteroatoms. The van der Waals surface area contributed by atoms with Crippen LogP contribution in [0.5, 0.6) is 11.5 Å². The van der Waals surface area contributed by atoms with Crippen molar-refractivity contribution < 1.29 is 14.3 Å². The van der Waals surface area contributed by atoms with E-state index in [2.05, 4.69) is 21.9 Å². The lowest BCUT2D eigenvalue weighted by Crippen LogP contribution is -2.30. The molecule has 1 N–H and O–H groups in total. The van der Waals surface area contributed by atoms with Crippen molar-refractivity contribution in [3.63, 3.8) is 0 Å². The molecule has 1 saturated heterocycles. The first-order chi connectivity index (χ1) is 18.5. The predicted molar refractivity (Wildman–Crippen MR) is 151 cm³/mol. The van der Waals surface area contributed by atoms with Crippen LogP contribution >= 0.6 is 0 Å². The van der Waals surface area contributed by atoms with Crippen molar-refractivity contribution in [1.29, 1.82) is 0 Å².